The number of benzene rings is 2. The third-order valence-electron chi connectivity index (χ3n) is 3.30. The van der Waals surface area contributed by atoms with Gasteiger partial charge in [-0.25, -0.2) is 0 Å². The predicted octanol–water partition coefficient (Wildman–Crippen LogP) is 2.73. The van der Waals surface area contributed by atoms with E-state index in [0.29, 0.717) is 28.4 Å². The zero-order valence-corrected chi connectivity index (χ0v) is 13.7. The molecule has 2 aromatic carbocycles. The fourth-order valence-corrected chi connectivity index (χ4v) is 2.21. The number of nitriles is 1. The lowest BCUT2D eigenvalue weighted by atomic mass is 10.1. The summed E-state index contributed by atoms with van der Waals surface area (Å²) in [5, 5.41) is 9.03. The van der Waals surface area contributed by atoms with Gasteiger partial charge in [0.1, 0.15) is 11.8 Å². The van der Waals surface area contributed by atoms with Crippen LogP contribution >= 0.6 is 0 Å². The lowest BCUT2D eigenvalue weighted by molar-refractivity contribution is -0.133. The van der Waals surface area contributed by atoms with E-state index < -0.39 is 5.97 Å². The lowest BCUT2D eigenvalue weighted by Crippen LogP contribution is -2.12. The Hall–Kier alpha value is -3.20. The van der Waals surface area contributed by atoms with E-state index in [-0.39, 0.29) is 12.2 Å². The summed E-state index contributed by atoms with van der Waals surface area (Å²) in [5.74, 6) is 1.10. The number of rotatable bonds is 6. The van der Waals surface area contributed by atoms with E-state index in [0.717, 1.165) is 0 Å². The monoisotopic (exact) mass is 327 g/mol. The third-order valence-corrected chi connectivity index (χ3v) is 3.30. The Labute approximate surface area is 140 Å². The summed E-state index contributed by atoms with van der Waals surface area (Å²) in [6, 6.07) is 11.9. The molecule has 0 aliphatic carbocycles. The van der Waals surface area contributed by atoms with Gasteiger partial charge in [0.25, 0.3) is 0 Å². The van der Waals surface area contributed by atoms with Crippen molar-refractivity contribution >= 4 is 5.97 Å². The van der Waals surface area contributed by atoms with Crippen LogP contribution in [0.15, 0.2) is 36.4 Å². The molecule has 0 aromatic heterocycles. The van der Waals surface area contributed by atoms with Crippen LogP contribution in [-0.2, 0) is 11.2 Å². The van der Waals surface area contributed by atoms with Gasteiger partial charge in [-0.05, 0) is 29.8 Å². The number of hydrogen-bond donors (Lipinski definition) is 0. The molecule has 0 radical (unpaired) electrons. The third kappa shape index (κ3) is 3.76. The molecule has 0 bridgehead atoms. The molecule has 0 saturated carbocycles. The van der Waals surface area contributed by atoms with E-state index in [9.17, 15) is 4.79 Å². The van der Waals surface area contributed by atoms with Gasteiger partial charge in [0, 0.05) is 0 Å². The molecule has 0 spiro atoms. The van der Waals surface area contributed by atoms with Crippen LogP contribution in [-0.4, -0.2) is 27.3 Å². The molecule has 124 valence electrons. The normalized spacial score (nSPS) is 9.75. The number of hydrogen-bond acceptors (Lipinski definition) is 6. The molecule has 0 atom stereocenters. The maximum Gasteiger partial charge on any atom is 0.315 e. The Morgan fingerprint density at radius 1 is 1.00 bits per heavy atom. The van der Waals surface area contributed by atoms with Crippen molar-refractivity contribution in [2.45, 2.75) is 6.42 Å². The van der Waals surface area contributed by atoms with Gasteiger partial charge >= 0.3 is 5.97 Å². The first-order valence-corrected chi connectivity index (χ1v) is 7.11. The first kappa shape index (κ1) is 17.2. The quantitative estimate of drug-likeness (QED) is 0.600. The molecule has 0 fully saturated rings. The van der Waals surface area contributed by atoms with Crippen molar-refractivity contribution in [3.05, 3.63) is 47.5 Å². The minimum Gasteiger partial charge on any atom is -0.493 e. The number of esters is 1. The lowest BCUT2D eigenvalue weighted by Gasteiger charge is -2.14. The molecule has 2 aromatic rings. The van der Waals surface area contributed by atoms with Crippen molar-refractivity contribution in [2.75, 3.05) is 21.3 Å². The van der Waals surface area contributed by atoms with Crippen LogP contribution in [0.1, 0.15) is 11.1 Å². The van der Waals surface area contributed by atoms with Gasteiger partial charge in [-0.1, -0.05) is 12.1 Å². The van der Waals surface area contributed by atoms with Crippen LogP contribution in [0, 0.1) is 11.3 Å². The Bertz CT molecular complexity index is 754. The number of carbonyl (C=O) groups is 1. The summed E-state index contributed by atoms with van der Waals surface area (Å²) in [6.07, 6.45) is -0.00349. The summed E-state index contributed by atoms with van der Waals surface area (Å²) in [4.78, 5) is 12.2. The highest BCUT2D eigenvalue weighted by atomic mass is 16.5. The second-order valence-electron chi connectivity index (χ2n) is 4.79. The van der Waals surface area contributed by atoms with Gasteiger partial charge in [0.05, 0.1) is 33.3 Å². The minimum absolute atomic E-state index is 0.00349. The molecule has 0 amide bonds. The van der Waals surface area contributed by atoms with Gasteiger partial charge in [0.2, 0.25) is 5.75 Å². The van der Waals surface area contributed by atoms with Gasteiger partial charge in [-0.2, -0.15) is 5.26 Å². The number of carbonyl (C=O) groups excluding carboxylic acids is 1. The average molecular weight is 327 g/mol. The molecule has 0 N–H and O–H groups in total. The second-order valence-corrected chi connectivity index (χ2v) is 4.79. The zero-order chi connectivity index (χ0) is 17.5. The van der Waals surface area contributed by atoms with Crippen molar-refractivity contribution in [2.24, 2.45) is 0 Å². The average Bonchev–Trinajstić information content (AvgIpc) is 2.61. The van der Waals surface area contributed by atoms with Crippen LogP contribution in [0.25, 0.3) is 0 Å². The summed E-state index contributed by atoms with van der Waals surface area (Å²) < 4.78 is 21.0. The van der Waals surface area contributed by atoms with Gasteiger partial charge in [0.15, 0.2) is 11.5 Å². The predicted molar refractivity (Wildman–Crippen MR) is 86.6 cm³/mol. The maximum absolute atomic E-state index is 12.2. The smallest absolute Gasteiger partial charge is 0.315 e. The maximum atomic E-state index is 12.2. The van der Waals surface area contributed by atoms with Gasteiger partial charge in [-0.3, -0.25) is 4.79 Å². The van der Waals surface area contributed by atoms with Crippen molar-refractivity contribution in [3.8, 4) is 29.1 Å². The largest absolute Gasteiger partial charge is 0.493 e. The van der Waals surface area contributed by atoms with E-state index in [1.165, 1.54) is 21.3 Å². The van der Waals surface area contributed by atoms with Crippen LogP contribution in [0.5, 0.6) is 23.0 Å². The molecule has 0 unspecified atom stereocenters. The van der Waals surface area contributed by atoms with Crippen molar-refractivity contribution in [1.29, 1.82) is 5.26 Å². The Kier molecular flexibility index (Phi) is 5.63. The molecule has 0 aliphatic heterocycles. The molecular weight excluding hydrogens is 310 g/mol. The van der Waals surface area contributed by atoms with Crippen molar-refractivity contribution in [1.82, 2.24) is 0 Å². The number of para-hydroxylation sites is 1. The number of methoxy groups -OCH3 is 3. The second kappa shape index (κ2) is 7.88. The fraction of sp³-hybridized carbons (Fsp3) is 0.222. The molecule has 0 heterocycles. The summed E-state index contributed by atoms with van der Waals surface area (Å²) in [5.41, 5.74) is 0.944. The molecule has 6 nitrogen and oxygen atoms in total. The Morgan fingerprint density at radius 3 is 2.17 bits per heavy atom. The number of nitrogens with zero attached hydrogens (tertiary/aromatic N) is 1. The van der Waals surface area contributed by atoms with Crippen LogP contribution in [0.2, 0.25) is 0 Å². The standard InChI is InChI=1S/C18H17NO5/c1-21-15-8-12(9-16(22-2)18(15)23-3)10-17(20)24-14-7-5-4-6-13(14)11-19/h4-9H,10H2,1-3H3. The van der Waals surface area contributed by atoms with Gasteiger partial charge < -0.3 is 18.9 Å². The van der Waals surface area contributed by atoms with Crippen LogP contribution in [0.4, 0.5) is 0 Å². The van der Waals surface area contributed by atoms with Crippen molar-refractivity contribution in [3.63, 3.8) is 0 Å². The summed E-state index contributed by atoms with van der Waals surface area (Å²) in [7, 11) is 4.51. The highest BCUT2D eigenvalue weighted by Crippen LogP contribution is 2.38. The minimum atomic E-state index is -0.494. The van der Waals surface area contributed by atoms with Gasteiger partial charge in [-0.15, -0.1) is 0 Å². The van der Waals surface area contributed by atoms with E-state index >= 15 is 0 Å². The molecule has 2 rings (SSSR count). The number of ether oxygens (including phenoxy) is 4. The Balaban J connectivity index is 2.21. The van der Waals surface area contributed by atoms with Crippen molar-refractivity contribution < 1.29 is 23.7 Å². The highest BCUT2D eigenvalue weighted by molar-refractivity contribution is 5.76. The topological polar surface area (TPSA) is 77.8 Å². The van der Waals surface area contributed by atoms with E-state index in [4.69, 9.17) is 24.2 Å². The molecule has 0 aliphatic rings. The zero-order valence-electron chi connectivity index (χ0n) is 13.7. The molecule has 24 heavy (non-hydrogen) atoms. The van der Waals surface area contributed by atoms with Crippen LogP contribution < -0.4 is 18.9 Å². The molecular formula is C18H17NO5. The van der Waals surface area contributed by atoms with E-state index in [1.54, 1.807) is 36.4 Å². The highest BCUT2D eigenvalue weighted by Gasteiger charge is 2.16. The first-order chi connectivity index (χ1) is 11.6. The molecule has 6 heteroatoms. The van der Waals surface area contributed by atoms with Crippen LogP contribution in [0.3, 0.4) is 0 Å². The summed E-state index contributed by atoms with van der Waals surface area (Å²) in [6.45, 7) is 0. The SMILES string of the molecule is COc1cc(CC(=O)Oc2ccccc2C#N)cc(OC)c1OC. The van der Waals surface area contributed by atoms with E-state index in [1.807, 2.05) is 6.07 Å². The molecule has 0 saturated heterocycles. The summed E-state index contributed by atoms with van der Waals surface area (Å²) >= 11 is 0. The Morgan fingerprint density at radius 2 is 1.62 bits per heavy atom. The van der Waals surface area contributed by atoms with E-state index in [2.05, 4.69) is 0 Å². The first-order valence-electron chi connectivity index (χ1n) is 7.11. The fourth-order valence-electron chi connectivity index (χ4n) is 2.21.